The zero-order valence-corrected chi connectivity index (χ0v) is 44.7. The Morgan fingerprint density at radius 2 is 1.17 bits per heavy atom. The normalized spacial score (nSPS) is 10.6. The molecule has 2 aromatic heterocycles. The van der Waals surface area contributed by atoms with Gasteiger partial charge in [0, 0.05) is 23.3 Å². The molecular weight excluding hydrogens is 788 g/mol. The number of nitrogens with one attached hydrogen (secondary N) is 1. The van der Waals surface area contributed by atoms with Gasteiger partial charge in [-0.2, -0.15) is 16.6 Å². The van der Waals surface area contributed by atoms with E-state index in [9.17, 15) is 9.59 Å². The van der Waals surface area contributed by atoms with E-state index in [1.165, 1.54) is 42.4 Å². The van der Waals surface area contributed by atoms with Gasteiger partial charge in [0.05, 0.1) is 23.1 Å². The lowest BCUT2D eigenvalue weighted by atomic mass is 9.87. The van der Waals surface area contributed by atoms with Crippen LogP contribution in [0.25, 0.3) is 0 Å². The molecule has 0 spiro atoms. The first-order chi connectivity index (χ1) is 26.9. The highest BCUT2D eigenvalue weighted by Crippen LogP contribution is 2.31. The molecule has 3 rings (SSSR count). The summed E-state index contributed by atoms with van der Waals surface area (Å²) in [5, 5.41) is 15.7. The van der Waals surface area contributed by atoms with Crippen LogP contribution in [0.2, 0.25) is 4.34 Å². The predicted molar refractivity (Wildman–Crippen MR) is 268 cm³/mol. The largest absolute Gasteiger partial charge is 0.469 e. The third-order valence-corrected chi connectivity index (χ3v) is 9.75. The Morgan fingerprint density at radius 3 is 1.37 bits per heavy atom. The second kappa shape index (κ2) is 35.0. The molecule has 1 N–H and O–H groups in total. The highest BCUT2D eigenvalue weighted by Gasteiger charge is 2.19. The average Bonchev–Trinajstić information content (AvgIpc) is 3.85. The quantitative estimate of drug-likeness (QED) is 0.265. The van der Waals surface area contributed by atoms with E-state index in [1.807, 2.05) is 71.9 Å². The summed E-state index contributed by atoms with van der Waals surface area (Å²) in [6.07, 6.45) is 5.31. The summed E-state index contributed by atoms with van der Waals surface area (Å²) in [4.78, 5) is 22.9. The Morgan fingerprint density at radius 1 is 0.712 bits per heavy atom. The van der Waals surface area contributed by atoms with Crippen LogP contribution in [0.4, 0.5) is 0 Å². The summed E-state index contributed by atoms with van der Waals surface area (Å²) in [7, 11) is 1.42. The van der Waals surface area contributed by atoms with E-state index in [-0.39, 0.29) is 33.5 Å². The number of nitriles is 1. The molecule has 0 aliphatic carbocycles. The Labute approximate surface area is 379 Å². The summed E-state index contributed by atoms with van der Waals surface area (Å²) >= 11 is 9.21. The summed E-state index contributed by atoms with van der Waals surface area (Å²) in [5.41, 5.74) is 4.17. The van der Waals surface area contributed by atoms with E-state index in [0.29, 0.717) is 11.8 Å². The number of methoxy groups -OCH3 is 1. The molecular formula is C51H91ClN2O3S2. The first-order valence-electron chi connectivity index (χ1n) is 21.6. The highest BCUT2D eigenvalue weighted by molar-refractivity contribution is 7.16. The summed E-state index contributed by atoms with van der Waals surface area (Å²) in [6, 6.07) is 16.1. The minimum absolute atomic E-state index is 0.116. The number of thiophene rings is 2. The smallest absolute Gasteiger partial charge is 0.305 e. The Kier molecular flexibility index (Phi) is 38.8. The lowest BCUT2D eigenvalue weighted by Gasteiger charge is -2.18. The van der Waals surface area contributed by atoms with Gasteiger partial charge in [-0.1, -0.05) is 188 Å². The van der Waals surface area contributed by atoms with Crippen LogP contribution in [-0.4, -0.2) is 25.5 Å². The number of nitrogens with zero attached hydrogens (tertiary/aromatic N) is 1. The van der Waals surface area contributed by atoms with E-state index in [4.69, 9.17) is 16.9 Å². The number of benzene rings is 1. The number of esters is 1. The zero-order chi connectivity index (χ0) is 47.7. The Hall–Kier alpha value is -2.66. The van der Waals surface area contributed by atoms with Crippen LogP contribution in [0.3, 0.4) is 0 Å². The van der Waals surface area contributed by atoms with Gasteiger partial charge in [0.1, 0.15) is 0 Å². The molecule has 59 heavy (non-hydrogen) atoms. The van der Waals surface area contributed by atoms with E-state index < -0.39 is 0 Å². The lowest BCUT2D eigenvalue weighted by molar-refractivity contribution is -0.141. The van der Waals surface area contributed by atoms with Gasteiger partial charge in [-0.15, -0.1) is 11.3 Å². The molecule has 0 saturated carbocycles. The van der Waals surface area contributed by atoms with Crippen molar-refractivity contribution in [3.63, 3.8) is 0 Å². The van der Waals surface area contributed by atoms with E-state index in [0.717, 1.165) is 22.9 Å². The number of unbranched alkanes of at least 4 members (excludes halogenated alkanes) is 1. The molecule has 0 aliphatic rings. The van der Waals surface area contributed by atoms with Crippen molar-refractivity contribution in [1.29, 1.82) is 5.26 Å². The fourth-order valence-corrected chi connectivity index (χ4v) is 5.44. The Bertz CT molecular complexity index is 1450. The number of rotatable bonds is 4. The van der Waals surface area contributed by atoms with Gasteiger partial charge in [0.25, 0.3) is 0 Å². The summed E-state index contributed by atoms with van der Waals surface area (Å²) in [5.74, 6) is -0.0000694. The second-order valence-electron chi connectivity index (χ2n) is 19.0. The van der Waals surface area contributed by atoms with Crippen LogP contribution in [0.15, 0.2) is 53.2 Å². The third kappa shape index (κ3) is 41.8. The standard InChI is InChI=1S/C11H13N.C8H11ClS.C8H16O2.C8H12S.C7H15NO.C4H10.C3H8.C2H6/c1-11(2,3)10-6-4-9(8-12)5-7-10;1-8(2,3)6-4-5-7(9)10-6;1-8(2,3)6-5-7(9)10-4;1-8(2,3)7-4-5-9-6-7;1-5-8-6(9)7(2,3)4;1-3-4-2;1-3-2;1-2/h4-7H,1-3H3;4-5H,1-3H3;5-6H2,1-4H3;4-6H,1-3H3;5H2,1-4H3,(H,8,9);3-4H2,1-2H3;3H2,1-2H3;1-2H3. The van der Waals surface area contributed by atoms with Crippen LogP contribution >= 0.6 is 34.3 Å². The number of halogens is 1. The van der Waals surface area contributed by atoms with Gasteiger partial charge in [-0.25, -0.2) is 0 Å². The van der Waals surface area contributed by atoms with Crippen LogP contribution in [0.5, 0.6) is 0 Å². The van der Waals surface area contributed by atoms with Crippen molar-refractivity contribution < 1.29 is 14.3 Å². The lowest BCUT2D eigenvalue weighted by Crippen LogP contribution is -2.34. The molecule has 8 heteroatoms. The molecule has 1 aromatic carbocycles. The van der Waals surface area contributed by atoms with Gasteiger partial charge in [0.2, 0.25) is 5.91 Å². The van der Waals surface area contributed by atoms with Gasteiger partial charge in [-0.3, -0.25) is 9.59 Å². The fraction of sp³-hybridized carbons (Fsp3) is 0.667. The first-order valence-corrected chi connectivity index (χ1v) is 23.7. The van der Waals surface area contributed by atoms with Crippen LogP contribution in [0, 0.1) is 22.2 Å². The van der Waals surface area contributed by atoms with E-state index in [2.05, 4.69) is 150 Å². The third-order valence-electron chi connectivity index (χ3n) is 7.40. The zero-order valence-electron chi connectivity index (χ0n) is 42.3. The van der Waals surface area contributed by atoms with Crippen LogP contribution < -0.4 is 5.32 Å². The highest BCUT2D eigenvalue weighted by atomic mass is 35.5. The maximum absolute atomic E-state index is 11.0. The van der Waals surface area contributed by atoms with Crippen molar-refractivity contribution in [2.45, 2.75) is 201 Å². The molecule has 0 radical (unpaired) electrons. The number of amides is 1. The molecule has 2 heterocycles. The fourth-order valence-electron chi connectivity index (χ4n) is 3.46. The van der Waals surface area contributed by atoms with Crippen molar-refractivity contribution in [2.75, 3.05) is 13.7 Å². The minimum Gasteiger partial charge on any atom is -0.469 e. The SMILES string of the molecule is CC.CC(C)(C)c1ccc(C#N)cc1.CC(C)(C)c1ccc(Cl)s1.CC(C)(C)c1ccsc1.CCC.CCCC.CCNC(=O)C(C)(C)C.COC(=O)CCC(C)(C)C. The van der Waals surface area contributed by atoms with Crippen LogP contribution in [0.1, 0.15) is 206 Å². The topological polar surface area (TPSA) is 79.2 Å². The van der Waals surface area contributed by atoms with E-state index in [1.54, 1.807) is 22.7 Å². The number of carbonyl (C=O) groups excluding carboxylic acids is 2. The second-order valence-corrected chi connectivity index (χ2v) is 21.5. The number of hydrogen-bond acceptors (Lipinski definition) is 6. The van der Waals surface area contributed by atoms with Crippen molar-refractivity contribution in [3.8, 4) is 6.07 Å². The van der Waals surface area contributed by atoms with Crippen molar-refractivity contribution in [2.24, 2.45) is 10.8 Å². The van der Waals surface area contributed by atoms with Crippen LogP contribution in [-0.2, 0) is 30.6 Å². The van der Waals surface area contributed by atoms with Gasteiger partial charge in [-0.05, 0) is 87.2 Å². The van der Waals surface area contributed by atoms with Crippen molar-refractivity contribution in [1.82, 2.24) is 5.32 Å². The number of carbonyl (C=O) groups is 2. The molecule has 342 valence electrons. The average molecular weight is 880 g/mol. The van der Waals surface area contributed by atoms with Gasteiger partial charge >= 0.3 is 5.97 Å². The molecule has 0 saturated heterocycles. The summed E-state index contributed by atoms with van der Waals surface area (Å²) < 4.78 is 5.39. The molecule has 0 unspecified atom stereocenters. The summed E-state index contributed by atoms with van der Waals surface area (Å²) in [6.45, 7) is 47.0. The monoisotopic (exact) mass is 879 g/mol. The van der Waals surface area contributed by atoms with E-state index >= 15 is 0 Å². The molecule has 0 aliphatic heterocycles. The Balaban J connectivity index is -0.000000196. The molecule has 1 amide bonds. The minimum atomic E-state index is -0.240. The number of ether oxygens (including phenoxy) is 1. The van der Waals surface area contributed by atoms with Crippen molar-refractivity contribution in [3.05, 3.63) is 79.1 Å². The molecule has 0 atom stereocenters. The first kappa shape index (κ1) is 65.5. The number of hydrogen-bond donors (Lipinski definition) is 1. The maximum atomic E-state index is 11.0. The molecule has 3 aromatic rings. The predicted octanol–water partition coefficient (Wildman–Crippen LogP) is 17.0. The van der Waals surface area contributed by atoms with Gasteiger partial charge < -0.3 is 10.1 Å². The van der Waals surface area contributed by atoms with Crippen molar-refractivity contribution >= 4 is 46.2 Å². The van der Waals surface area contributed by atoms with Gasteiger partial charge in [0.15, 0.2) is 0 Å². The maximum Gasteiger partial charge on any atom is 0.305 e. The molecule has 0 bridgehead atoms. The molecule has 5 nitrogen and oxygen atoms in total. The molecule has 0 fully saturated rings.